The SMILES string of the molecule is Cc1cc(C(=O)Nc2nc(CC(N)=O)cs2)c(C)o1. The van der Waals surface area contributed by atoms with Crippen LogP contribution in [0.3, 0.4) is 0 Å². The van der Waals surface area contributed by atoms with Crippen molar-refractivity contribution < 1.29 is 14.0 Å². The van der Waals surface area contributed by atoms with Gasteiger partial charge in [-0.1, -0.05) is 0 Å². The quantitative estimate of drug-likeness (QED) is 0.888. The van der Waals surface area contributed by atoms with Crippen molar-refractivity contribution in [3.8, 4) is 0 Å². The molecule has 0 spiro atoms. The lowest BCUT2D eigenvalue weighted by molar-refractivity contribution is -0.117. The van der Waals surface area contributed by atoms with E-state index in [9.17, 15) is 9.59 Å². The molecule has 2 aromatic heterocycles. The van der Waals surface area contributed by atoms with Crippen molar-refractivity contribution in [3.05, 3.63) is 34.2 Å². The van der Waals surface area contributed by atoms with Crippen molar-refractivity contribution in [3.63, 3.8) is 0 Å². The number of anilines is 1. The van der Waals surface area contributed by atoms with Crippen LogP contribution in [0.1, 0.15) is 27.6 Å². The number of nitrogens with one attached hydrogen (secondary N) is 1. The third-order valence-corrected chi connectivity index (χ3v) is 3.22. The van der Waals surface area contributed by atoms with Crippen molar-refractivity contribution in [2.75, 3.05) is 5.32 Å². The molecule has 0 saturated carbocycles. The summed E-state index contributed by atoms with van der Waals surface area (Å²) < 4.78 is 5.29. The molecule has 100 valence electrons. The van der Waals surface area contributed by atoms with E-state index in [4.69, 9.17) is 10.2 Å². The first kappa shape index (κ1) is 13.3. The molecule has 0 unspecified atom stereocenters. The number of furan rings is 1. The minimum Gasteiger partial charge on any atom is -0.466 e. The molecule has 0 aliphatic rings. The number of amides is 2. The normalized spacial score (nSPS) is 10.4. The van der Waals surface area contributed by atoms with E-state index in [1.807, 2.05) is 0 Å². The molecule has 0 bridgehead atoms. The van der Waals surface area contributed by atoms with Gasteiger partial charge in [-0.05, 0) is 19.9 Å². The Balaban J connectivity index is 2.09. The molecule has 0 aliphatic heterocycles. The first-order valence-corrected chi connectivity index (χ1v) is 6.44. The number of aryl methyl sites for hydroxylation is 2. The van der Waals surface area contributed by atoms with Gasteiger partial charge in [0, 0.05) is 5.38 Å². The van der Waals surface area contributed by atoms with Gasteiger partial charge in [-0.3, -0.25) is 14.9 Å². The number of hydrogen-bond acceptors (Lipinski definition) is 5. The lowest BCUT2D eigenvalue weighted by Gasteiger charge is -1.99. The van der Waals surface area contributed by atoms with Gasteiger partial charge in [-0.2, -0.15) is 0 Å². The molecular weight excluding hydrogens is 266 g/mol. The minimum atomic E-state index is -0.454. The van der Waals surface area contributed by atoms with E-state index in [-0.39, 0.29) is 12.3 Å². The minimum absolute atomic E-state index is 0.0657. The molecule has 2 heterocycles. The highest BCUT2D eigenvalue weighted by atomic mass is 32.1. The Morgan fingerprint density at radius 1 is 1.47 bits per heavy atom. The van der Waals surface area contributed by atoms with Crippen LogP contribution < -0.4 is 11.1 Å². The first-order chi connectivity index (χ1) is 8.95. The molecular formula is C12H13N3O3S. The summed E-state index contributed by atoms with van der Waals surface area (Å²) in [6.45, 7) is 3.50. The molecule has 0 aliphatic carbocycles. The maximum absolute atomic E-state index is 12.0. The molecule has 0 saturated heterocycles. The number of carbonyl (C=O) groups is 2. The van der Waals surface area contributed by atoms with E-state index >= 15 is 0 Å². The first-order valence-electron chi connectivity index (χ1n) is 5.57. The van der Waals surface area contributed by atoms with Crippen LogP contribution in [-0.2, 0) is 11.2 Å². The number of rotatable bonds is 4. The summed E-state index contributed by atoms with van der Waals surface area (Å²) in [4.78, 5) is 26.8. The molecule has 3 N–H and O–H groups in total. The number of nitrogens with zero attached hydrogens (tertiary/aromatic N) is 1. The summed E-state index contributed by atoms with van der Waals surface area (Å²) in [5.74, 6) is 0.499. The Hall–Kier alpha value is -2.15. The molecule has 19 heavy (non-hydrogen) atoms. The fraction of sp³-hybridized carbons (Fsp3) is 0.250. The molecule has 0 fully saturated rings. The van der Waals surface area contributed by atoms with Crippen LogP contribution in [0.2, 0.25) is 0 Å². The Morgan fingerprint density at radius 2 is 2.21 bits per heavy atom. The second kappa shape index (κ2) is 5.23. The zero-order chi connectivity index (χ0) is 14.0. The Morgan fingerprint density at radius 3 is 2.79 bits per heavy atom. The second-order valence-electron chi connectivity index (χ2n) is 4.07. The second-order valence-corrected chi connectivity index (χ2v) is 4.93. The van der Waals surface area contributed by atoms with Crippen LogP contribution in [0.5, 0.6) is 0 Å². The van der Waals surface area contributed by atoms with E-state index in [1.165, 1.54) is 11.3 Å². The Labute approximate surface area is 113 Å². The predicted octanol–water partition coefficient (Wildman–Crippen LogP) is 1.63. The van der Waals surface area contributed by atoms with Crippen LogP contribution in [0, 0.1) is 13.8 Å². The van der Waals surface area contributed by atoms with E-state index in [0.717, 1.165) is 0 Å². The maximum Gasteiger partial charge on any atom is 0.260 e. The fourth-order valence-electron chi connectivity index (χ4n) is 1.64. The lowest BCUT2D eigenvalue weighted by atomic mass is 10.2. The van der Waals surface area contributed by atoms with Crippen molar-refractivity contribution in [2.24, 2.45) is 5.73 Å². The van der Waals surface area contributed by atoms with Gasteiger partial charge < -0.3 is 10.2 Å². The summed E-state index contributed by atoms with van der Waals surface area (Å²) >= 11 is 1.25. The van der Waals surface area contributed by atoms with Crippen LogP contribution >= 0.6 is 11.3 Å². The van der Waals surface area contributed by atoms with Gasteiger partial charge in [-0.15, -0.1) is 11.3 Å². The van der Waals surface area contributed by atoms with E-state index in [2.05, 4.69) is 10.3 Å². The van der Waals surface area contributed by atoms with Gasteiger partial charge in [0.05, 0.1) is 17.7 Å². The highest BCUT2D eigenvalue weighted by molar-refractivity contribution is 7.14. The van der Waals surface area contributed by atoms with Gasteiger partial charge in [0.25, 0.3) is 5.91 Å². The number of aromatic nitrogens is 1. The van der Waals surface area contributed by atoms with Crippen molar-refractivity contribution in [1.82, 2.24) is 4.98 Å². The molecule has 7 heteroatoms. The number of hydrogen-bond donors (Lipinski definition) is 2. The molecule has 2 aromatic rings. The van der Waals surface area contributed by atoms with E-state index in [1.54, 1.807) is 25.3 Å². The summed E-state index contributed by atoms with van der Waals surface area (Å²) in [5, 5.41) is 4.78. The van der Waals surface area contributed by atoms with E-state index in [0.29, 0.717) is 27.9 Å². The number of primary amides is 1. The number of carbonyl (C=O) groups excluding carboxylic acids is 2. The number of thiazole rings is 1. The van der Waals surface area contributed by atoms with Crippen LogP contribution in [-0.4, -0.2) is 16.8 Å². The highest BCUT2D eigenvalue weighted by Crippen LogP contribution is 2.19. The molecule has 0 aromatic carbocycles. The molecule has 0 radical (unpaired) electrons. The molecule has 2 amide bonds. The number of nitrogens with two attached hydrogens (primary N) is 1. The summed E-state index contributed by atoms with van der Waals surface area (Å²) in [7, 11) is 0. The average Bonchev–Trinajstić information content (AvgIpc) is 2.84. The monoisotopic (exact) mass is 279 g/mol. The van der Waals surface area contributed by atoms with Gasteiger partial charge in [-0.25, -0.2) is 4.98 Å². The largest absolute Gasteiger partial charge is 0.466 e. The average molecular weight is 279 g/mol. The summed E-state index contributed by atoms with van der Waals surface area (Å²) in [5.41, 5.74) is 6.10. The fourth-order valence-corrected chi connectivity index (χ4v) is 2.35. The van der Waals surface area contributed by atoms with Crippen LogP contribution in [0.25, 0.3) is 0 Å². The molecule has 2 rings (SSSR count). The smallest absolute Gasteiger partial charge is 0.260 e. The Kier molecular flexibility index (Phi) is 3.66. The predicted molar refractivity (Wildman–Crippen MR) is 71.1 cm³/mol. The zero-order valence-corrected chi connectivity index (χ0v) is 11.3. The lowest BCUT2D eigenvalue weighted by Crippen LogP contribution is -2.14. The zero-order valence-electron chi connectivity index (χ0n) is 10.5. The van der Waals surface area contributed by atoms with Gasteiger partial charge >= 0.3 is 0 Å². The van der Waals surface area contributed by atoms with Crippen LogP contribution in [0.15, 0.2) is 15.9 Å². The third kappa shape index (κ3) is 3.19. The topological polar surface area (TPSA) is 98.2 Å². The third-order valence-electron chi connectivity index (χ3n) is 2.41. The molecule has 0 atom stereocenters. The maximum atomic E-state index is 12.0. The van der Waals surface area contributed by atoms with Crippen molar-refractivity contribution in [1.29, 1.82) is 0 Å². The highest BCUT2D eigenvalue weighted by Gasteiger charge is 2.15. The summed E-state index contributed by atoms with van der Waals surface area (Å²) in [6.07, 6.45) is 0.0657. The standard InChI is InChI=1S/C12H13N3O3S/c1-6-3-9(7(2)18-6)11(17)15-12-14-8(5-19-12)4-10(13)16/h3,5H,4H2,1-2H3,(H2,13,16)(H,14,15,17). The van der Waals surface area contributed by atoms with Crippen molar-refractivity contribution >= 4 is 28.3 Å². The molecule has 6 nitrogen and oxygen atoms in total. The van der Waals surface area contributed by atoms with Gasteiger partial charge in [0.15, 0.2) is 5.13 Å². The van der Waals surface area contributed by atoms with E-state index < -0.39 is 5.91 Å². The van der Waals surface area contributed by atoms with Crippen molar-refractivity contribution in [2.45, 2.75) is 20.3 Å². The van der Waals surface area contributed by atoms with Crippen LogP contribution in [0.4, 0.5) is 5.13 Å². The van der Waals surface area contributed by atoms with Gasteiger partial charge in [0.2, 0.25) is 5.91 Å². The van der Waals surface area contributed by atoms with Gasteiger partial charge in [0.1, 0.15) is 11.5 Å². The summed E-state index contributed by atoms with van der Waals surface area (Å²) in [6, 6.07) is 1.67. The Bertz CT molecular complexity index is 630.